The van der Waals surface area contributed by atoms with Crippen molar-refractivity contribution < 1.29 is 4.74 Å². The van der Waals surface area contributed by atoms with Crippen molar-refractivity contribution in [3.63, 3.8) is 0 Å². The van der Waals surface area contributed by atoms with Gasteiger partial charge in [-0.2, -0.15) is 0 Å². The third-order valence-corrected chi connectivity index (χ3v) is 6.88. The van der Waals surface area contributed by atoms with Gasteiger partial charge in [-0.3, -0.25) is 0 Å². The van der Waals surface area contributed by atoms with E-state index in [1.54, 1.807) is 0 Å². The van der Waals surface area contributed by atoms with E-state index in [0.717, 1.165) is 24.4 Å². The highest BCUT2D eigenvalue weighted by Crippen LogP contribution is 2.36. The van der Waals surface area contributed by atoms with E-state index >= 15 is 0 Å². The summed E-state index contributed by atoms with van der Waals surface area (Å²) in [5.41, 5.74) is 0. The summed E-state index contributed by atoms with van der Waals surface area (Å²) in [5, 5.41) is 0. The molecule has 2 aliphatic rings. The minimum atomic E-state index is 0.582. The molecule has 0 aromatic carbocycles. The molecule has 0 unspecified atom stereocenters. The van der Waals surface area contributed by atoms with Crippen molar-refractivity contribution in [2.45, 2.75) is 123 Å². The van der Waals surface area contributed by atoms with Crippen LogP contribution >= 0.6 is 0 Å². The monoisotopic (exact) mass is 362 g/mol. The zero-order valence-corrected chi connectivity index (χ0v) is 17.9. The fourth-order valence-corrected chi connectivity index (χ4v) is 4.96. The Hall–Kier alpha value is -0.300. The van der Waals surface area contributed by atoms with Crippen molar-refractivity contribution in [1.29, 1.82) is 0 Å². The second-order valence-electron chi connectivity index (χ2n) is 9.15. The van der Waals surface area contributed by atoms with Crippen LogP contribution in [-0.4, -0.2) is 12.7 Å². The van der Waals surface area contributed by atoms with Crippen molar-refractivity contribution in [2.75, 3.05) is 6.61 Å². The molecule has 2 rings (SSSR count). The van der Waals surface area contributed by atoms with Gasteiger partial charge in [0, 0.05) is 6.61 Å². The zero-order chi connectivity index (χ0) is 18.5. The molecule has 2 fully saturated rings. The Balaban J connectivity index is 1.49. The zero-order valence-electron chi connectivity index (χ0n) is 17.9. The van der Waals surface area contributed by atoms with E-state index in [0.29, 0.717) is 6.10 Å². The van der Waals surface area contributed by atoms with Gasteiger partial charge in [0.1, 0.15) is 0 Å². The molecular weight excluding hydrogens is 316 g/mol. The summed E-state index contributed by atoms with van der Waals surface area (Å²) < 4.78 is 6.12. The van der Waals surface area contributed by atoms with Crippen LogP contribution in [0.2, 0.25) is 0 Å². The van der Waals surface area contributed by atoms with Crippen LogP contribution in [0.25, 0.3) is 0 Å². The Labute approximate surface area is 164 Å². The number of hydrogen-bond acceptors (Lipinski definition) is 1. The summed E-state index contributed by atoms with van der Waals surface area (Å²) in [5.74, 6) is 2.91. The highest BCUT2D eigenvalue weighted by molar-refractivity contribution is 4.91. The Morgan fingerprint density at radius 1 is 0.731 bits per heavy atom. The molecule has 0 saturated heterocycles. The molecule has 0 atom stereocenters. The second-order valence-corrected chi connectivity index (χ2v) is 9.15. The normalized spacial score (nSPS) is 30.1. The van der Waals surface area contributed by atoms with E-state index in [2.05, 4.69) is 26.0 Å². The molecule has 0 bridgehead atoms. The molecule has 26 heavy (non-hydrogen) atoms. The average molecular weight is 363 g/mol. The minimum absolute atomic E-state index is 0.582. The van der Waals surface area contributed by atoms with Crippen LogP contribution in [0, 0.1) is 17.8 Å². The fraction of sp³-hybridized carbons (Fsp3) is 0.920. The van der Waals surface area contributed by atoms with Gasteiger partial charge < -0.3 is 4.74 Å². The maximum Gasteiger partial charge on any atom is 0.0575 e. The quantitative estimate of drug-likeness (QED) is 0.252. The van der Waals surface area contributed by atoms with E-state index in [4.69, 9.17) is 4.74 Å². The average Bonchev–Trinajstić information content (AvgIpc) is 2.68. The molecule has 0 N–H and O–H groups in total. The first-order chi connectivity index (χ1) is 12.8. The van der Waals surface area contributed by atoms with Gasteiger partial charge in [-0.05, 0) is 82.0 Å². The summed E-state index contributed by atoms with van der Waals surface area (Å²) in [4.78, 5) is 0. The lowest BCUT2D eigenvalue weighted by Gasteiger charge is -2.31. The van der Waals surface area contributed by atoms with Crippen LogP contribution < -0.4 is 0 Å². The predicted molar refractivity (Wildman–Crippen MR) is 115 cm³/mol. The molecule has 1 heteroatoms. The van der Waals surface area contributed by atoms with E-state index < -0.39 is 0 Å². The Morgan fingerprint density at radius 2 is 1.38 bits per heavy atom. The van der Waals surface area contributed by atoms with E-state index in [1.165, 1.54) is 103 Å². The van der Waals surface area contributed by atoms with Crippen LogP contribution in [-0.2, 0) is 4.74 Å². The van der Waals surface area contributed by atoms with Gasteiger partial charge in [-0.1, -0.05) is 64.5 Å². The molecule has 2 saturated carbocycles. The van der Waals surface area contributed by atoms with Crippen molar-refractivity contribution >= 4 is 0 Å². The van der Waals surface area contributed by atoms with Gasteiger partial charge in [0.05, 0.1) is 6.10 Å². The molecule has 0 radical (unpaired) electrons. The number of allylic oxidation sites excluding steroid dienone is 2. The van der Waals surface area contributed by atoms with Crippen molar-refractivity contribution in [3.05, 3.63) is 12.2 Å². The summed E-state index contributed by atoms with van der Waals surface area (Å²) >= 11 is 0. The van der Waals surface area contributed by atoms with Gasteiger partial charge >= 0.3 is 0 Å². The molecule has 1 nitrogen and oxygen atoms in total. The number of ether oxygens (including phenoxy) is 1. The second kappa shape index (κ2) is 13.8. The van der Waals surface area contributed by atoms with Crippen molar-refractivity contribution in [2.24, 2.45) is 17.8 Å². The Bertz CT molecular complexity index is 345. The molecule has 152 valence electrons. The predicted octanol–water partition coefficient (Wildman–Crippen LogP) is 8.09. The Kier molecular flexibility index (Phi) is 11.7. The summed E-state index contributed by atoms with van der Waals surface area (Å²) in [6.45, 7) is 5.55. The largest absolute Gasteiger partial charge is 0.378 e. The number of unbranched alkanes of at least 4 members (excludes halogenated alkanes) is 4. The lowest BCUT2D eigenvalue weighted by atomic mass is 9.77. The van der Waals surface area contributed by atoms with E-state index in [1.807, 2.05) is 0 Å². The first-order valence-corrected chi connectivity index (χ1v) is 12.1. The summed E-state index contributed by atoms with van der Waals surface area (Å²) in [7, 11) is 0. The van der Waals surface area contributed by atoms with Crippen LogP contribution in [0.4, 0.5) is 0 Å². The van der Waals surface area contributed by atoms with Gasteiger partial charge in [-0.25, -0.2) is 0 Å². The third-order valence-electron chi connectivity index (χ3n) is 6.88. The summed E-state index contributed by atoms with van der Waals surface area (Å²) in [6, 6.07) is 0. The number of hydrogen-bond donors (Lipinski definition) is 0. The molecule has 0 aliphatic heterocycles. The molecular formula is C25H46O. The minimum Gasteiger partial charge on any atom is -0.378 e. The van der Waals surface area contributed by atoms with Gasteiger partial charge in [-0.15, -0.1) is 0 Å². The maximum atomic E-state index is 6.12. The fourth-order valence-electron chi connectivity index (χ4n) is 4.96. The lowest BCUT2D eigenvalue weighted by Crippen LogP contribution is -2.23. The molecule has 2 aliphatic carbocycles. The standard InChI is InChI=1S/C25H46O/c1-3-5-7-9-21-26-25-19-17-24(18-20-25)16-15-23-13-11-22(12-14-23)10-8-6-4-2/h8,10,22-25H,3-7,9,11-21H2,1-2H3/b10-8+/t22-,23-,24-,25-. The summed E-state index contributed by atoms with van der Waals surface area (Å²) in [6.07, 6.45) is 27.7. The molecule has 0 heterocycles. The van der Waals surface area contributed by atoms with Crippen LogP contribution in [0.15, 0.2) is 12.2 Å². The highest BCUT2D eigenvalue weighted by atomic mass is 16.5. The first-order valence-electron chi connectivity index (χ1n) is 12.1. The first kappa shape index (κ1) is 22.0. The molecule has 0 aromatic heterocycles. The number of rotatable bonds is 12. The van der Waals surface area contributed by atoms with Crippen LogP contribution in [0.3, 0.4) is 0 Å². The smallest absolute Gasteiger partial charge is 0.0575 e. The van der Waals surface area contributed by atoms with Gasteiger partial charge in [0.15, 0.2) is 0 Å². The third kappa shape index (κ3) is 9.07. The molecule has 0 spiro atoms. The van der Waals surface area contributed by atoms with E-state index in [9.17, 15) is 0 Å². The Morgan fingerprint density at radius 3 is 2.00 bits per heavy atom. The molecule has 0 amide bonds. The highest BCUT2D eigenvalue weighted by Gasteiger charge is 2.24. The lowest BCUT2D eigenvalue weighted by molar-refractivity contribution is 0.0145. The van der Waals surface area contributed by atoms with Crippen molar-refractivity contribution in [1.82, 2.24) is 0 Å². The topological polar surface area (TPSA) is 9.23 Å². The SMILES string of the molecule is CCC/C=C/[C@H]1CC[C@H](CC[C@H]2CC[C@H](OCCCCCC)CC2)CC1. The maximum absolute atomic E-state index is 6.12. The van der Waals surface area contributed by atoms with Crippen LogP contribution in [0.5, 0.6) is 0 Å². The van der Waals surface area contributed by atoms with E-state index in [-0.39, 0.29) is 0 Å². The van der Waals surface area contributed by atoms with Crippen LogP contribution in [0.1, 0.15) is 117 Å². The van der Waals surface area contributed by atoms with Gasteiger partial charge in [0.25, 0.3) is 0 Å². The van der Waals surface area contributed by atoms with Gasteiger partial charge in [0.2, 0.25) is 0 Å². The molecule has 0 aromatic rings. The van der Waals surface area contributed by atoms with Crippen molar-refractivity contribution in [3.8, 4) is 0 Å².